The summed E-state index contributed by atoms with van der Waals surface area (Å²) in [5, 5.41) is 12.1. The summed E-state index contributed by atoms with van der Waals surface area (Å²) < 4.78 is 7.18. The van der Waals surface area contributed by atoms with Gasteiger partial charge in [-0.3, -0.25) is 4.98 Å². The lowest BCUT2D eigenvalue weighted by Crippen LogP contribution is -2.13. The highest BCUT2D eigenvalue weighted by molar-refractivity contribution is 8.02. The van der Waals surface area contributed by atoms with Crippen LogP contribution in [0.1, 0.15) is 48.8 Å². The van der Waals surface area contributed by atoms with Gasteiger partial charge in [0, 0.05) is 51.7 Å². The van der Waals surface area contributed by atoms with Gasteiger partial charge in [-0.05, 0) is 46.5 Å². The number of carbonyl (C=O) groups excluding carboxylic acids is 1. The summed E-state index contributed by atoms with van der Waals surface area (Å²) in [6, 6.07) is 5.58. The predicted octanol–water partition coefficient (Wildman–Crippen LogP) is 5.81. The molecule has 0 saturated heterocycles. The van der Waals surface area contributed by atoms with Gasteiger partial charge in [0.2, 0.25) is 0 Å². The average Bonchev–Trinajstić information content (AvgIpc) is 3.19. The summed E-state index contributed by atoms with van der Waals surface area (Å²) in [5.41, 5.74) is 3.83. The molecule has 3 aromatic rings. The van der Waals surface area contributed by atoms with Crippen molar-refractivity contribution in [3.8, 4) is 16.9 Å². The van der Waals surface area contributed by atoms with Gasteiger partial charge in [0.25, 0.3) is 0 Å². The normalized spacial score (nSPS) is 12.1. The second-order valence-corrected chi connectivity index (χ2v) is 9.48. The van der Waals surface area contributed by atoms with Crippen LogP contribution in [-0.4, -0.2) is 53.5 Å². The van der Waals surface area contributed by atoms with E-state index in [0.29, 0.717) is 45.6 Å². The number of phenolic OH excluding ortho intramolecular Hbond substituents is 1. The molecule has 3 rings (SSSR count). The van der Waals surface area contributed by atoms with Crippen molar-refractivity contribution in [2.45, 2.75) is 39.5 Å². The predicted molar refractivity (Wildman–Crippen MR) is 147 cm³/mol. The molecule has 0 fully saturated rings. The molecule has 0 atom stereocenters. The van der Waals surface area contributed by atoms with Gasteiger partial charge >= 0.3 is 5.97 Å². The lowest BCUT2D eigenvalue weighted by atomic mass is 9.96. The van der Waals surface area contributed by atoms with Crippen LogP contribution in [0.4, 0.5) is 0 Å². The molecule has 0 unspecified atom stereocenters. The van der Waals surface area contributed by atoms with Crippen molar-refractivity contribution in [3.63, 3.8) is 0 Å². The third-order valence-electron chi connectivity index (χ3n) is 5.67. The Bertz CT molecular complexity index is 1260. The zero-order valence-electron chi connectivity index (χ0n) is 21.9. The SMILES string of the molecule is C/C=C(\C=C/CC)SCc1c(C(=O)OCC)c2c(CN(C)C)c(O)c(-c3cccnc3)cc2n1OC. The second kappa shape index (κ2) is 12.6. The standard InChI is InChI=1S/C28H35N3O4S/c1-7-10-13-20(8-2)36-18-24-26(28(33)35-9-3)25-22(17-30(4)5)27(32)21(15-23(25)31(24)34-6)19-12-11-14-29-16-19/h8,10-16,32H,7,9,17-18H2,1-6H3/b13-10-,20-8+. The molecule has 0 amide bonds. The van der Waals surface area contributed by atoms with Gasteiger partial charge in [-0.15, -0.1) is 11.8 Å². The number of fused-ring (bicyclic) bond motifs is 1. The largest absolute Gasteiger partial charge is 0.507 e. The van der Waals surface area contributed by atoms with Gasteiger partial charge < -0.3 is 19.6 Å². The molecule has 0 spiro atoms. The molecule has 2 heterocycles. The number of carbonyl (C=O) groups is 1. The van der Waals surface area contributed by atoms with E-state index in [4.69, 9.17) is 9.57 Å². The number of hydrogen-bond acceptors (Lipinski definition) is 7. The van der Waals surface area contributed by atoms with Crippen LogP contribution in [0.15, 0.2) is 53.7 Å². The van der Waals surface area contributed by atoms with Crippen LogP contribution < -0.4 is 4.84 Å². The van der Waals surface area contributed by atoms with Crippen molar-refractivity contribution in [2.24, 2.45) is 0 Å². The molecule has 1 aromatic carbocycles. The summed E-state index contributed by atoms with van der Waals surface area (Å²) in [4.78, 5) is 26.5. The molecule has 0 aliphatic rings. The van der Waals surface area contributed by atoms with Gasteiger partial charge in [0.05, 0.1) is 23.4 Å². The van der Waals surface area contributed by atoms with E-state index in [1.54, 1.807) is 42.9 Å². The fraction of sp³-hybridized carbons (Fsp3) is 0.357. The molecule has 0 aliphatic heterocycles. The van der Waals surface area contributed by atoms with E-state index in [0.717, 1.165) is 16.9 Å². The van der Waals surface area contributed by atoms with E-state index in [9.17, 15) is 9.90 Å². The summed E-state index contributed by atoms with van der Waals surface area (Å²) in [6.07, 6.45) is 10.6. The number of aromatic hydroxyl groups is 1. The maximum Gasteiger partial charge on any atom is 0.340 e. The zero-order chi connectivity index (χ0) is 26.2. The number of nitrogens with zero attached hydrogens (tertiary/aromatic N) is 3. The first-order chi connectivity index (χ1) is 17.4. The van der Waals surface area contributed by atoms with Crippen LogP contribution in [0.3, 0.4) is 0 Å². The molecule has 36 heavy (non-hydrogen) atoms. The van der Waals surface area contributed by atoms with Crippen molar-refractivity contribution in [2.75, 3.05) is 27.8 Å². The minimum atomic E-state index is -0.437. The monoisotopic (exact) mass is 509 g/mol. The molecule has 192 valence electrons. The minimum Gasteiger partial charge on any atom is -0.507 e. The third-order valence-corrected chi connectivity index (χ3v) is 6.79. The number of hydrogen-bond donors (Lipinski definition) is 1. The maximum absolute atomic E-state index is 13.4. The Morgan fingerprint density at radius 2 is 2.08 bits per heavy atom. The smallest absolute Gasteiger partial charge is 0.340 e. The Morgan fingerprint density at radius 1 is 1.31 bits per heavy atom. The second-order valence-electron chi connectivity index (χ2n) is 8.43. The van der Waals surface area contributed by atoms with Crippen LogP contribution in [0, 0.1) is 0 Å². The van der Waals surface area contributed by atoms with Crippen molar-refractivity contribution >= 4 is 28.6 Å². The molecule has 0 saturated carbocycles. The Labute approximate surface area is 217 Å². The first-order valence-electron chi connectivity index (χ1n) is 12.0. The quantitative estimate of drug-likeness (QED) is 0.258. The molecule has 0 bridgehead atoms. The Balaban J connectivity index is 2.35. The minimum absolute atomic E-state index is 0.113. The van der Waals surface area contributed by atoms with Gasteiger partial charge in [-0.1, -0.05) is 31.2 Å². The number of rotatable bonds is 11. The molecule has 0 aliphatic carbocycles. The van der Waals surface area contributed by atoms with E-state index in [-0.39, 0.29) is 12.4 Å². The molecule has 1 N–H and O–H groups in total. The lowest BCUT2D eigenvalue weighted by Gasteiger charge is -2.17. The molecule has 0 radical (unpaired) electrons. The molecule has 8 heteroatoms. The number of aromatic nitrogens is 2. The molecular formula is C28H35N3O4S. The van der Waals surface area contributed by atoms with E-state index < -0.39 is 5.97 Å². The summed E-state index contributed by atoms with van der Waals surface area (Å²) >= 11 is 1.62. The van der Waals surface area contributed by atoms with Crippen molar-refractivity contribution in [1.29, 1.82) is 0 Å². The van der Waals surface area contributed by atoms with Crippen molar-refractivity contribution in [3.05, 3.63) is 70.5 Å². The highest BCUT2D eigenvalue weighted by atomic mass is 32.2. The van der Waals surface area contributed by atoms with Gasteiger partial charge in [-0.2, -0.15) is 4.73 Å². The number of pyridine rings is 1. The van der Waals surface area contributed by atoms with Crippen molar-refractivity contribution < 1.29 is 19.5 Å². The van der Waals surface area contributed by atoms with Crippen LogP contribution in [0.25, 0.3) is 22.0 Å². The van der Waals surface area contributed by atoms with E-state index in [1.807, 2.05) is 50.2 Å². The Kier molecular flexibility index (Phi) is 9.61. The van der Waals surface area contributed by atoms with Gasteiger partial charge in [0.1, 0.15) is 12.9 Å². The Morgan fingerprint density at radius 3 is 2.67 bits per heavy atom. The average molecular weight is 510 g/mol. The van der Waals surface area contributed by atoms with Crippen LogP contribution in [0.2, 0.25) is 0 Å². The lowest BCUT2D eigenvalue weighted by molar-refractivity contribution is 0.0524. The summed E-state index contributed by atoms with van der Waals surface area (Å²) in [6.45, 7) is 6.53. The van der Waals surface area contributed by atoms with Crippen molar-refractivity contribution in [1.82, 2.24) is 14.6 Å². The van der Waals surface area contributed by atoms with E-state index >= 15 is 0 Å². The first-order valence-corrected chi connectivity index (χ1v) is 13.0. The highest BCUT2D eigenvalue weighted by Gasteiger charge is 2.29. The highest BCUT2D eigenvalue weighted by Crippen LogP contribution is 2.42. The Hall–Kier alpha value is -3.23. The van der Waals surface area contributed by atoms with Crippen LogP contribution >= 0.6 is 11.8 Å². The topological polar surface area (TPSA) is 76.8 Å². The third kappa shape index (κ3) is 5.77. The molecular weight excluding hydrogens is 474 g/mol. The zero-order valence-corrected chi connectivity index (χ0v) is 22.7. The molecule has 2 aromatic heterocycles. The number of allylic oxidation sites excluding steroid dienone is 3. The fourth-order valence-electron chi connectivity index (χ4n) is 4.13. The maximum atomic E-state index is 13.4. The number of ether oxygens (including phenoxy) is 1. The summed E-state index contributed by atoms with van der Waals surface area (Å²) in [5.74, 6) is 0.158. The van der Waals surface area contributed by atoms with E-state index in [1.165, 1.54) is 0 Å². The number of benzene rings is 1. The van der Waals surface area contributed by atoms with Gasteiger partial charge in [-0.25, -0.2) is 4.79 Å². The molecule has 7 nitrogen and oxygen atoms in total. The first kappa shape index (κ1) is 27.4. The van der Waals surface area contributed by atoms with Crippen LogP contribution in [0.5, 0.6) is 5.75 Å². The van der Waals surface area contributed by atoms with Gasteiger partial charge in [0.15, 0.2) is 0 Å². The fourth-order valence-corrected chi connectivity index (χ4v) is 5.06. The van der Waals surface area contributed by atoms with E-state index in [2.05, 4.69) is 24.1 Å². The number of thioether (sulfide) groups is 1. The number of esters is 1. The van der Waals surface area contributed by atoms with Crippen LogP contribution in [-0.2, 0) is 17.0 Å². The summed E-state index contributed by atoms with van der Waals surface area (Å²) in [7, 11) is 5.43. The number of phenols is 1.